The van der Waals surface area contributed by atoms with Crippen LogP contribution in [0.15, 0.2) is 11.6 Å². The lowest BCUT2D eigenvalue weighted by Crippen LogP contribution is -2.52. The van der Waals surface area contributed by atoms with Crippen LogP contribution in [0, 0.1) is 46.3 Å². The summed E-state index contributed by atoms with van der Waals surface area (Å²) in [4.78, 5) is 11.8. The molecule has 2 saturated heterocycles. The van der Waals surface area contributed by atoms with Crippen LogP contribution in [0.5, 0.6) is 0 Å². The molecule has 5 heteroatoms. The molecule has 11 atom stereocenters. The van der Waals surface area contributed by atoms with Gasteiger partial charge in [0.05, 0.1) is 19.3 Å². The highest BCUT2D eigenvalue weighted by molar-refractivity contribution is 5.71. The van der Waals surface area contributed by atoms with E-state index >= 15 is 0 Å². The van der Waals surface area contributed by atoms with Crippen molar-refractivity contribution >= 4 is 5.97 Å². The lowest BCUT2D eigenvalue weighted by Gasteiger charge is -2.58. The van der Waals surface area contributed by atoms with E-state index in [-0.39, 0.29) is 29.8 Å². The molecular weight excluding hydrogens is 426 g/mol. The minimum atomic E-state index is -0.322. The van der Waals surface area contributed by atoms with E-state index < -0.39 is 0 Å². The van der Waals surface area contributed by atoms with E-state index in [4.69, 9.17) is 19.9 Å². The maximum Gasteiger partial charge on any atom is 0.319 e. The molecule has 0 aromatic carbocycles. The Kier molecular flexibility index (Phi) is 5.56. The summed E-state index contributed by atoms with van der Waals surface area (Å²) >= 11 is 0. The number of hydrogen-bond acceptors (Lipinski definition) is 5. The van der Waals surface area contributed by atoms with Crippen molar-refractivity contribution in [1.29, 1.82) is 0 Å². The molecule has 6 aliphatic rings. The summed E-state index contributed by atoms with van der Waals surface area (Å²) in [6.07, 6.45) is 13.2. The van der Waals surface area contributed by atoms with Gasteiger partial charge in [-0.25, -0.2) is 0 Å². The second-order valence-corrected chi connectivity index (χ2v) is 13.3. The first-order valence-electron chi connectivity index (χ1n) is 14.1. The molecule has 2 aliphatic heterocycles. The SMILES string of the molecule is C[C@@H]1CC[C@@]2(OC1)O[C@H]1C[C@H]3[C@@H]4CC=C5C[C@@H](OC(=O)CN)CC[C@]5(C)[C@H]4CC[C@]3(C)[C@H]1[C@@H]2C. The number of carbonyl (C=O) groups is 1. The number of rotatable bonds is 2. The molecular formula is C29H45NO4. The van der Waals surface area contributed by atoms with Crippen molar-refractivity contribution in [3.8, 4) is 0 Å². The van der Waals surface area contributed by atoms with E-state index in [0.717, 1.165) is 50.0 Å². The fourth-order valence-corrected chi connectivity index (χ4v) is 9.98. The Hall–Kier alpha value is -0.910. The van der Waals surface area contributed by atoms with E-state index in [1.54, 1.807) is 5.57 Å². The average Bonchev–Trinajstić information content (AvgIpc) is 3.26. The zero-order valence-electron chi connectivity index (χ0n) is 21.7. The van der Waals surface area contributed by atoms with Gasteiger partial charge in [0.2, 0.25) is 0 Å². The molecule has 0 bridgehead atoms. The summed E-state index contributed by atoms with van der Waals surface area (Å²) < 4.78 is 19.0. The lowest BCUT2D eigenvalue weighted by atomic mass is 9.47. The van der Waals surface area contributed by atoms with E-state index in [0.29, 0.717) is 29.3 Å². The van der Waals surface area contributed by atoms with Gasteiger partial charge in [-0.05, 0) is 85.4 Å². The van der Waals surface area contributed by atoms with Gasteiger partial charge in [-0.3, -0.25) is 4.79 Å². The maximum atomic E-state index is 11.8. The Labute approximate surface area is 205 Å². The first kappa shape index (κ1) is 23.5. The van der Waals surface area contributed by atoms with E-state index in [1.807, 2.05) is 0 Å². The number of hydrogen-bond donors (Lipinski definition) is 1. The zero-order chi connectivity index (χ0) is 23.9. The van der Waals surface area contributed by atoms with Gasteiger partial charge in [-0.2, -0.15) is 0 Å². The van der Waals surface area contributed by atoms with Crippen molar-refractivity contribution in [2.45, 2.75) is 103 Å². The van der Waals surface area contributed by atoms with Crippen molar-refractivity contribution in [2.75, 3.05) is 13.2 Å². The van der Waals surface area contributed by atoms with Crippen LogP contribution >= 0.6 is 0 Å². The Morgan fingerprint density at radius 1 is 1.15 bits per heavy atom. The largest absolute Gasteiger partial charge is 0.461 e. The third kappa shape index (κ3) is 3.25. The monoisotopic (exact) mass is 471 g/mol. The summed E-state index contributed by atoms with van der Waals surface area (Å²) in [6.45, 7) is 10.7. The van der Waals surface area contributed by atoms with Crippen molar-refractivity contribution in [2.24, 2.45) is 52.1 Å². The second-order valence-electron chi connectivity index (χ2n) is 13.3. The van der Waals surface area contributed by atoms with Crippen LogP contribution in [0.25, 0.3) is 0 Å². The Balaban J connectivity index is 1.22. The summed E-state index contributed by atoms with van der Waals surface area (Å²) in [5.74, 6) is 3.40. The van der Waals surface area contributed by atoms with Crippen LogP contribution < -0.4 is 5.73 Å². The number of ether oxygens (including phenoxy) is 3. The normalized spacial score (nSPS) is 54.0. The van der Waals surface area contributed by atoms with Crippen LogP contribution in [0.3, 0.4) is 0 Å². The number of nitrogens with two attached hydrogens (primary N) is 1. The molecule has 0 radical (unpaired) electrons. The summed E-state index contributed by atoms with van der Waals surface area (Å²) in [6, 6.07) is 0. The molecule has 6 rings (SSSR count). The second kappa shape index (κ2) is 8.05. The highest BCUT2D eigenvalue weighted by atomic mass is 16.7. The van der Waals surface area contributed by atoms with Crippen LogP contribution in [-0.4, -0.2) is 37.1 Å². The van der Waals surface area contributed by atoms with E-state index in [2.05, 4.69) is 33.8 Å². The quantitative estimate of drug-likeness (QED) is 0.441. The topological polar surface area (TPSA) is 70.8 Å². The first-order chi connectivity index (χ1) is 16.2. The van der Waals surface area contributed by atoms with Crippen LogP contribution in [-0.2, 0) is 19.0 Å². The average molecular weight is 472 g/mol. The standard InChI is InChI=1S/C29H45NO4/c1-17-7-12-29(32-16-17)18(2)26-24(34-29)14-23-21-6-5-19-13-20(33-25(31)15-30)8-10-27(19,3)22(21)9-11-28(23,26)4/h5,17-18,20-24,26H,6-16,30H2,1-4H3/t17-,18+,20+,21-,22+,23+,24+,26+,27+,28+,29-/m1/s1. The first-order valence-corrected chi connectivity index (χ1v) is 14.1. The molecule has 2 N–H and O–H groups in total. The van der Waals surface area contributed by atoms with Crippen LogP contribution in [0.2, 0.25) is 0 Å². The van der Waals surface area contributed by atoms with Gasteiger partial charge in [0.25, 0.3) is 0 Å². The molecule has 4 aliphatic carbocycles. The number of esters is 1. The minimum Gasteiger partial charge on any atom is -0.461 e. The molecule has 0 amide bonds. The molecule has 190 valence electrons. The fraction of sp³-hybridized carbons (Fsp3) is 0.897. The molecule has 2 heterocycles. The zero-order valence-corrected chi connectivity index (χ0v) is 21.7. The van der Waals surface area contributed by atoms with Crippen LogP contribution in [0.4, 0.5) is 0 Å². The molecule has 0 aromatic heterocycles. The van der Waals surface area contributed by atoms with E-state index in [9.17, 15) is 4.79 Å². The van der Waals surface area contributed by atoms with Crippen molar-refractivity contribution in [3.05, 3.63) is 11.6 Å². The lowest BCUT2D eigenvalue weighted by molar-refractivity contribution is -0.272. The smallest absolute Gasteiger partial charge is 0.319 e. The number of allylic oxidation sites excluding steroid dienone is 1. The molecule has 5 fully saturated rings. The molecule has 5 nitrogen and oxygen atoms in total. The van der Waals surface area contributed by atoms with Crippen LogP contribution in [0.1, 0.15) is 85.5 Å². The van der Waals surface area contributed by atoms with Gasteiger partial charge in [0.1, 0.15) is 6.10 Å². The molecule has 1 spiro atoms. The van der Waals surface area contributed by atoms with Crippen molar-refractivity contribution in [3.63, 3.8) is 0 Å². The van der Waals surface area contributed by atoms with Gasteiger partial charge in [-0.1, -0.05) is 39.3 Å². The van der Waals surface area contributed by atoms with Gasteiger partial charge in [0.15, 0.2) is 5.79 Å². The molecule has 0 aromatic rings. The van der Waals surface area contributed by atoms with Gasteiger partial charge < -0.3 is 19.9 Å². The third-order valence-electron chi connectivity index (χ3n) is 11.8. The summed E-state index contributed by atoms with van der Waals surface area (Å²) in [5.41, 5.74) is 7.65. The summed E-state index contributed by atoms with van der Waals surface area (Å²) in [7, 11) is 0. The summed E-state index contributed by atoms with van der Waals surface area (Å²) in [5, 5.41) is 0. The van der Waals surface area contributed by atoms with Crippen molar-refractivity contribution < 1.29 is 19.0 Å². The maximum absolute atomic E-state index is 11.8. The number of fused-ring (bicyclic) bond motifs is 7. The molecule has 34 heavy (non-hydrogen) atoms. The van der Waals surface area contributed by atoms with Crippen molar-refractivity contribution in [1.82, 2.24) is 0 Å². The molecule has 0 unspecified atom stereocenters. The predicted octanol–water partition coefficient (Wildman–Crippen LogP) is 5.22. The highest BCUT2D eigenvalue weighted by Gasteiger charge is 2.68. The number of carbonyl (C=O) groups excluding carboxylic acids is 1. The van der Waals surface area contributed by atoms with Gasteiger partial charge in [-0.15, -0.1) is 0 Å². The minimum absolute atomic E-state index is 0.00951. The Morgan fingerprint density at radius 3 is 2.71 bits per heavy atom. The highest BCUT2D eigenvalue weighted by Crippen LogP contribution is 2.70. The predicted molar refractivity (Wildman–Crippen MR) is 131 cm³/mol. The van der Waals surface area contributed by atoms with E-state index in [1.165, 1.54) is 32.1 Å². The van der Waals surface area contributed by atoms with Gasteiger partial charge in [0, 0.05) is 18.8 Å². The molecule has 3 saturated carbocycles. The van der Waals surface area contributed by atoms with Gasteiger partial charge >= 0.3 is 5.97 Å². The third-order valence-corrected chi connectivity index (χ3v) is 11.8. The Bertz CT molecular complexity index is 862. The fourth-order valence-electron chi connectivity index (χ4n) is 9.98. The Morgan fingerprint density at radius 2 is 1.97 bits per heavy atom.